The van der Waals surface area contributed by atoms with Crippen LogP contribution in [0.3, 0.4) is 0 Å². The van der Waals surface area contributed by atoms with E-state index in [-0.39, 0.29) is 0 Å². The Morgan fingerprint density at radius 1 is 0.889 bits per heavy atom. The first-order valence-electron chi connectivity index (χ1n) is 6.73. The van der Waals surface area contributed by atoms with E-state index in [0.29, 0.717) is 19.8 Å². The van der Waals surface area contributed by atoms with Gasteiger partial charge in [-0.1, -0.05) is 31.2 Å². The standard InChI is InChI=1S/C14H24O3Si/c1-5-13-10-9-11-14(12-13)18(15-6-2,16-7-3)17-8-4/h9-12H,5-8H2,1-4H3. The van der Waals surface area contributed by atoms with Gasteiger partial charge in [0.25, 0.3) is 0 Å². The summed E-state index contributed by atoms with van der Waals surface area (Å²) in [6.07, 6.45) is 1.00. The Morgan fingerprint density at radius 2 is 1.44 bits per heavy atom. The van der Waals surface area contributed by atoms with Crippen LogP contribution in [0, 0.1) is 0 Å². The van der Waals surface area contributed by atoms with Crippen LogP contribution in [-0.2, 0) is 19.7 Å². The summed E-state index contributed by atoms with van der Waals surface area (Å²) in [6, 6.07) is 8.36. The number of hydrogen-bond acceptors (Lipinski definition) is 3. The first-order valence-corrected chi connectivity index (χ1v) is 8.46. The van der Waals surface area contributed by atoms with Crippen LogP contribution >= 0.6 is 0 Å². The molecule has 3 nitrogen and oxygen atoms in total. The van der Waals surface area contributed by atoms with Crippen molar-refractivity contribution in [3.8, 4) is 0 Å². The van der Waals surface area contributed by atoms with Crippen LogP contribution in [-0.4, -0.2) is 28.6 Å². The molecule has 0 bridgehead atoms. The number of hydrogen-bond donors (Lipinski definition) is 0. The summed E-state index contributed by atoms with van der Waals surface area (Å²) in [5.41, 5.74) is 1.28. The van der Waals surface area contributed by atoms with Crippen LogP contribution in [0.25, 0.3) is 0 Å². The third kappa shape index (κ3) is 3.65. The Hall–Kier alpha value is -0.683. The third-order valence-corrected chi connectivity index (χ3v) is 5.72. The fourth-order valence-corrected chi connectivity index (χ4v) is 4.48. The molecule has 0 aliphatic rings. The van der Waals surface area contributed by atoms with Crippen LogP contribution in [0.4, 0.5) is 0 Å². The molecule has 0 atom stereocenters. The molecule has 0 aliphatic heterocycles. The zero-order chi connectivity index (χ0) is 13.4. The number of aryl methyl sites for hydroxylation is 1. The Morgan fingerprint density at radius 3 is 1.89 bits per heavy atom. The Labute approximate surface area is 111 Å². The molecule has 18 heavy (non-hydrogen) atoms. The Balaban J connectivity index is 3.12. The maximum Gasteiger partial charge on any atom is 0.537 e. The van der Waals surface area contributed by atoms with Gasteiger partial charge in [-0.15, -0.1) is 0 Å². The van der Waals surface area contributed by atoms with Crippen LogP contribution in [0.15, 0.2) is 24.3 Å². The lowest BCUT2D eigenvalue weighted by Gasteiger charge is -2.28. The van der Waals surface area contributed by atoms with Crippen molar-refractivity contribution in [2.45, 2.75) is 34.1 Å². The second kappa shape index (κ2) is 7.69. The van der Waals surface area contributed by atoms with Gasteiger partial charge >= 0.3 is 8.80 Å². The third-order valence-electron chi connectivity index (χ3n) is 2.69. The van der Waals surface area contributed by atoms with Gasteiger partial charge < -0.3 is 13.3 Å². The second-order valence-corrected chi connectivity index (χ2v) is 6.46. The molecule has 4 heteroatoms. The average molecular weight is 268 g/mol. The quantitative estimate of drug-likeness (QED) is 0.678. The Kier molecular flexibility index (Phi) is 6.57. The summed E-state index contributed by atoms with van der Waals surface area (Å²) in [4.78, 5) is 0. The zero-order valence-corrected chi connectivity index (χ0v) is 12.9. The molecular weight excluding hydrogens is 244 g/mol. The van der Waals surface area contributed by atoms with Gasteiger partial charge in [-0.2, -0.15) is 0 Å². The van der Waals surface area contributed by atoms with Gasteiger partial charge in [-0.3, -0.25) is 0 Å². The van der Waals surface area contributed by atoms with E-state index in [9.17, 15) is 0 Å². The van der Waals surface area contributed by atoms with Gasteiger partial charge in [0, 0.05) is 25.0 Å². The summed E-state index contributed by atoms with van der Waals surface area (Å²) < 4.78 is 17.7. The van der Waals surface area contributed by atoms with Gasteiger partial charge in [0.2, 0.25) is 0 Å². The lowest BCUT2D eigenvalue weighted by molar-refractivity contribution is 0.0859. The molecule has 0 amide bonds. The maximum atomic E-state index is 5.89. The first-order chi connectivity index (χ1) is 8.72. The predicted molar refractivity (Wildman–Crippen MR) is 76.1 cm³/mol. The highest BCUT2D eigenvalue weighted by atomic mass is 28.4. The van der Waals surface area contributed by atoms with E-state index in [4.69, 9.17) is 13.3 Å². The molecule has 1 aromatic carbocycles. The van der Waals surface area contributed by atoms with Gasteiger partial charge in [-0.25, -0.2) is 0 Å². The van der Waals surface area contributed by atoms with Crippen molar-refractivity contribution in [1.82, 2.24) is 0 Å². The van der Waals surface area contributed by atoms with E-state index < -0.39 is 8.80 Å². The van der Waals surface area contributed by atoms with Crippen molar-refractivity contribution >= 4 is 14.0 Å². The summed E-state index contributed by atoms with van der Waals surface area (Å²) in [5.74, 6) is 0. The summed E-state index contributed by atoms with van der Waals surface area (Å²) in [5, 5.41) is 1.06. The normalized spacial score (nSPS) is 11.8. The maximum absolute atomic E-state index is 5.89. The highest BCUT2D eigenvalue weighted by Gasteiger charge is 2.43. The molecule has 0 aromatic heterocycles. The molecule has 1 rings (SSSR count). The van der Waals surface area contributed by atoms with Crippen LogP contribution in [0.1, 0.15) is 33.3 Å². The molecule has 0 fully saturated rings. The van der Waals surface area contributed by atoms with Crippen molar-refractivity contribution in [1.29, 1.82) is 0 Å². The smallest absolute Gasteiger partial charge is 0.370 e. The highest BCUT2D eigenvalue weighted by Crippen LogP contribution is 2.12. The lowest BCUT2D eigenvalue weighted by Crippen LogP contribution is -2.57. The number of rotatable bonds is 8. The van der Waals surface area contributed by atoms with E-state index in [2.05, 4.69) is 19.1 Å². The van der Waals surface area contributed by atoms with Crippen molar-refractivity contribution in [2.24, 2.45) is 0 Å². The summed E-state index contributed by atoms with van der Waals surface area (Å²) in [6.45, 7) is 9.87. The Bertz CT molecular complexity index is 338. The molecule has 0 radical (unpaired) electrons. The number of benzene rings is 1. The highest BCUT2D eigenvalue weighted by molar-refractivity contribution is 6.75. The van der Waals surface area contributed by atoms with E-state index in [1.165, 1.54) is 5.56 Å². The van der Waals surface area contributed by atoms with Crippen molar-refractivity contribution in [3.05, 3.63) is 29.8 Å². The molecule has 0 heterocycles. The molecular formula is C14H24O3Si. The first kappa shape index (κ1) is 15.4. The molecule has 0 aliphatic carbocycles. The van der Waals surface area contributed by atoms with Gasteiger partial charge in [0.15, 0.2) is 0 Å². The summed E-state index contributed by atoms with van der Waals surface area (Å²) in [7, 11) is -2.72. The average Bonchev–Trinajstić information content (AvgIpc) is 2.39. The summed E-state index contributed by atoms with van der Waals surface area (Å²) >= 11 is 0. The van der Waals surface area contributed by atoms with Crippen LogP contribution in [0.5, 0.6) is 0 Å². The van der Waals surface area contributed by atoms with E-state index in [1.807, 2.05) is 32.9 Å². The molecule has 1 aromatic rings. The van der Waals surface area contributed by atoms with Crippen LogP contribution < -0.4 is 5.19 Å². The molecule has 0 N–H and O–H groups in total. The van der Waals surface area contributed by atoms with Gasteiger partial charge in [0.05, 0.1) is 0 Å². The van der Waals surface area contributed by atoms with E-state index >= 15 is 0 Å². The predicted octanol–water partition coefficient (Wildman–Crippen LogP) is 2.50. The van der Waals surface area contributed by atoms with Gasteiger partial charge in [-0.05, 0) is 32.8 Å². The van der Waals surface area contributed by atoms with Crippen molar-refractivity contribution in [2.75, 3.05) is 19.8 Å². The van der Waals surface area contributed by atoms with Crippen LogP contribution in [0.2, 0.25) is 0 Å². The zero-order valence-electron chi connectivity index (χ0n) is 11.9. The molecule has 102 valence electrons. The monoisotopic (exact) mass is 268 g/mol. The largest absolute Gasteiger partial charge is 0.537 e. The minimum Gasteiger partial charge on any atom is -0.370 e. The minimum atomic E-state index is -2.72. The second-order valence-electron chi connectivity index (χ2n) is 3.91. The minimum absolute atomic E-state index is 0.600. The lowest BCUT2D eigenvalue weighted by atomic mass is 10.2. The van der Waals surface area contributed by atoms with Gasteiger partial charge in [0.1, 0.15) is 0 Å². The van der Waals surface area contributed by atoms with E-state index in [1.54, 1.807) is 0 Å². The fourth-order valence-electron chi connectivity index (χ4n) is 1.93. The SMILES string of the molecule is CCO[Si](OCC)(OCC)c1cccc(CC)c1. The molecule has 0 spiro atoms. The van der Waals surface area contributed by atoms with Crippen molar-refractivity contribution < 1.29 is 13.3 Å². The fraction of sp³-hybridized carbons (Fsp3) is 0.571. The van der Waals surface area contributed by atoms with E-state index in [0.717, 1.165) is 11.6 Å². The topological polar surface area (TPSA) is 27.7 Å². The molecule has 0 saturated heterocycles. The van der Waals surface area contributed by atoms with Crippen molar-refractivity contribution in [3.63, 3.8) is 0 Å². The molecule has 0 saturated carbocycles. The molecule has 0 unspecified atom stereocenters.